The Hall–Kier alpha value is -3.01. The molecular formula is C20H18N4. The third-order valence-electron chi connectivity index (χ3n) is 4.38. The fraction of sp³-hybridized carbons (Fsp3) is 0.150. The highest BCUT2D eigenvalue weighted by molar-refractivity contribution is 5.87. The van der Waals surface area contributed by atoms with Crippen molar-refractivity contribution in [2.24, 2.45) is 0 Å². The second-order valence-corrected chi connectivity index (χ2v) is 6.05. The van der Waals surface area contributed by atoms with E-state index in [9.17, 15) is 0 Å². The van der Waals surface area contributed by atoms with E-state index in [1.165, 1.54) is 16.7 Å². The van der Waals surface area contributed by atoms with E-state index in [2.05, 4.69) is 63.7 Å². The lowest BCUT2D eigenvalue weighted by atomic mass is 10.0. The number of aromatic nitrogens is 4. The molecule has 24 heavy (non-hydrogen) atoms. The van der Waals surface area contributed by atoms with Crippen LogP contribution in [-0.2, 0) is 6.54 Å². The number of imidazole rings is 1. The molecule has 4 heteroatoms. The lowest BCUT2D eigenvalue weighted by Gasteiger charge is -2.06. The molecule has 2 aromatic carbocycles. The van der Waals surface area contributed by atoms with Gasteiger partial charge in [0.25, 0.3) is 0 Å². The van der Waals surface area contributed by atoms with Crippen molar-refractivity contribution in [3.63, 3.8) is 0 Å². The summed E-state index contributed by atoms with van der Waals surface area (Å²) in [5.41, 5.74) is 7.42. The number of fused-ring (bicyclic) bond motifs is 1. The molecule has 0 aliphatic rings. The van der Waals surface area contributed by atoms with Gasteiger partial charge in [-0.25, -0.2) is 15.0 Å². The van der Waals surface area contributed by atoms with Crippen LogP contribution in [0.5, 0.6) is 0 Å². The van der Waals surface area contributed by atoms with Gasteiger partial charge in [0.05, 0.1) is 12.9 Å². The van der Waals surface area contributed by atoms with Crippen LogP contribution in [0.1, 0.15) is 16.7 Å². The third kappa shape index (κ3) is 2.56. The molecule has 0 bridgehead atoms. The smallest absolute Gasteiger partial charge is 0.164 e. The fourth-order valence-corrected chi connectivity index (χ4v) is 2.88. The first kappa shape index (κ1) is 14.6. The van der Waals surface area contributed by atoms with E-state index in [0.717, 1.165) is 29.0 Å². The summed E-state index contributed by atoms with van der Waals surface area (Å²) in [5, 5.41) is 0. The lowest BCUT2D eigenvalue weighted by Crippen LogP contribution is -1.99. The zero-order valence-electron chi connectivity index (χ0n) is 13.8. The van der Waals surface area contributed by atoms with Crippen LogP contribution in [0.2, 0.25) is 0 Å². The van der Waals surface area contributed by atoms with Crippen molar-refractivity contribution in [1.82, 2.24) is 19.5 Å². The summed E-state index contributed by atoms with van der Waals surface area (Å²) in [4.78, 5) is 13.5. The summed E-state index contributed by atoms with van der Waals surface area (Å²) < 4.78 is 2.07. The molecule has 4 aromatic rings. The Morgan fingerprint density at radius 2 is 1.71 bits per heavy atom. The van der Waals surface area contributed by atoms with Crippen molar-refractivity contribution in [3.8, 4) is 11.3 Å². The van der Waals surface area contributed by atoms with E-state index < -0.39 is 0 Å². The van der Waals surface area contributed by atoms with Crippen LogP contribution >= 0.6 is 0 Å². The highest BCUT2D eigenvalue weighted by atomic mass is 15.1. The monoisotopic (exact) mass is 314 g/mol. The predicted molar refractivity (Wildman–Crippen MR) is 95.8 cm³/mol. The van der Waals surface area contributed by atoms with Crippen LogP contribution in [0.4, 0.5) is 0 Å². The van der Waals surface area contributed by atoms with Gasteiger partial charge in [0.1, 0.15) is 17.5 Å². The largest absolute Gasteiger partial charge is 0.311 e. The molecule has 4 nitrogen and oxygen atoms in total. The Labute approximate surface area is 140 Å². The van der Waals surface area contributed by atoms with Gasteiger partial charge in [0.2, 0.25) is 0 Å². The van der Waals surface area contributed by atoms with E-state index in [1.807, 2.05) is 24.5 Å². The van der Waals surface area contributed by atoms with Gasteiger partial charge in [-0.3, -0.25) is 0 Å². The Morgan fingerprint density at radius 3 is 2.50 bits per heavy atom. The summed E-state index contributed by atoms with van der Waals surface area (Å²) in [7, 11) is 0. The molecule has 2 heterocycles. The van der Waals surface area contributed by atoms with Gasteiger partial charge in [0, 0.05) is 5.56 Å². The number of nitrogens with zero attached hydrogens (tertiary/aromatic N) is 4. The first-order valence-electron chi connectivity index (χ1n) is 8.00. The maximum absolute atomic E-state index is 4.58. The summed E-state index contributed by atoms with van der Waals surface area (Å²) in [6.45, 7) is 4.98. The topological polar surface area (TPSA) is 43.6 Å². The molecule has 0 unspecified atom stereocenters. The molecule has 2 aromatic heterocycles. The average Bonchev–Trinajstić information content (AvgIpc) is 3.01. The predicted octanol–water partition coefficient (Wildman–Crippen LogP) is 4.16. The summed E-state index contributed by atoms with van der Waals surface area (Å²) >= 11 is 0. The molecule has 118 valence electrons. The van der Waals surface area contributed by atoms with Gasteiger partial charge < -0.3 is 4.57 Å². The van der Waals surface area contributed by atoms with Crippen molar-refractivity contribution < 1.29 is 0 Å². The fourth-order valence-electron chi connectivity index (χ4n) is 2.88. The van der Waals surface area contributed by atoms with Gasteiger partial charge in [-0.2, -0.15) is 0 Å². The van der Waals surface area contributed by atoms with Gasteiger partial charge >= 0.3 is 0 Å². The maximum atomic E-state index is 4.58. The van der Waals surface area contributed by atoms with Crippen LogP contribution in [-0.4, -0.2) is 19.5 Å². The zero-order chi connectivity index (χ0) is 16.5. The number of benzene rings is 2. The molecule has 0 N–H and O–H groups in total. The van der Waals surface area contributed by atoms with Crippen molar-refractivity contribution in [2.75, 3.05) is 0 Å². The molecule has 0 atom stereocenters. The molecule has 0 radical (unpaired) electrons. The normalized spacial score (nSPS) is 11.1. The minimum absolute atomic E-state index is 0.751. The second kappa shape index (κ2) is 5.89. The van der Waals surface area contributed by atoms with Crippen LogP contribution in [0.15, 0.2) is 61.2 Å². The molecule has 0 spiro atoms. The Kier molecular flexibility index (Phi) is 3.58. The lowest BCUT2D eigenvalue weighted by molar-refractivity contribution is 0.813. The molecule has 0 saturated carbocycles. The van der Waals surface area contributed by atoms with Crippen LogP contribution in [0.25, 0.3) is 22.4 Å². The first-order chi connectivity index (χ1) is 11.7. The summed E-state index contributed by atoms with van der Waals surface area (Å²) in [5.74, 6) is 0. The molecule has 0 amide bonds. The Bertz CT molecular complexity index is 1000. The van der Waals surface area contributed by atoms with Gasteiger partial charge in [-0.15, -0.1) is 0 Å². The minimum Gasteiger partial charge on any atom is -0.311 e. The number of hydrogen-bond acceptors (Lipinski definition) is 3. The van der Waals surface area contributed by atoms with E-state index in [1.54, 1.807) is 6.33 Å². The maximum Gasteiger partial charge on any atom is 0.164 e. The summed E-state index contributed by atoms with van der Waals surface area (Å²) in [6.07, 6.45) is 3.47. The summed E-state index contributed by atoms with van der Waals surface area (Å²) in [6, 6.07) is 16.7. The zero-order valence-corrected chi connectivity index (χ0v) is 13.8. The van der Waals surface area contributed by atoms with Crippen LogP contribution in [0.3, 0.4) is 0 Å². The number of hydrogen-bond donors (Lipinski definition) is 0. The molecule has 0 aliphatic heterocycles. The molecule has 4 rings (SSSR count). The molecular weight excluding hydrogens is 296 g/mol. The van der Waals surface area contributed by atoms with Crippen LogP contribution < -0.4 is 0 Å². The van der Waals surface area contributed by atoms with E-state index in [0.29, 0.717) is 0 Å². The van der Waals surface area contributed by atoms with Gasteiger partial charge in [0.15, 0.2) is 5.65 Å². The average molecular weight is 314 g/mol. The van der Waals surface area contributed by atoms with Crippen molar-refractivity contribution >= 4 is 11.2 Å². The van der Waals surface area contributed by atoms with Gasteiger partial charge in [-0.05, 0) is 36.6 Å². The second-order valence-electron chi connectivity index (χ2n) is 6.05. The van der Waals surface area contributed by atoms with E-state index in [4.69, 9.17) is 0 Å². The Balaban J connectivity index is 1.80. The van der Waals surface area contributed by atoms with Crippen molar-refractivity contribution in [2.45, 2.75) is 20.4 Å². The van der Waals surface area contributed by atoms with Crippen molar-refractivity contribution in [1.29, 1.82) is 0 Å². The quantitative estimate of drug-likeness (QED) is 0.570. The van der Waals surface area contributed by atoms with Crippen molar-refractivity contribution in [3.05, 3.63) is 77.9 Å². The van der Waals surface area contributed by atoms with Gasteiger partial charge in [-0.1, -0.05) is 42.5 Å². The van der Waals surface area contributed by atoms with E-state index >= 15 is 0 Å². The number of rotatable bonds is 3. The highest BCUT2D eigenvalue weighted by Crippen LogP contribution is 2.26. The third-order valence-corrected chi connectivity index (χ3v) is 4.38. The standard InChI is InChI=1S/C20H18N4/c1-14-8-9-17(10-15(14)2)18-19-20(22-12-21-18)24(13-23-19)11-16-6-4-3-5-7-16/h3-10,12-13H,11H2,1-2H3. The Morgan fingerprint density at radius 1 is 0.875 bits per heavy atom. The molecule has 0 fully saturated rings. The first-order valence-corrected chi connectivity index (χ1v) is 8.00. The molecule has 0 saturated heterocycles. The molecule has 0 aliphatic carbocycles. The number of aryl methyl sites for hydroxylation is 2. The van der Waals surface area contributed by atoms with Crippen LogP contribution in [0, 0.1) is 13.8 Å². The minimum atomic E-state index is 0.751. The SMILES string of the molecule is Cc1ccc(-c2ncnc3c2ncn3Cc2ccccc2)cc1C. The van der Waals surface area contributed by atoms with E-state index in [-0.39, 0.29) is 0 Å². The highest BCUT2D eigenvalue weighted by Gasteiger charge is 2.12.